The number of aromatic nitrogens is 1. The minimum Gasteiger partial charge on any atom is -0.467 e. The zero-order valence-electron chi connectivity index (χ0n) is 13.5. The SMILES string of the molecule is CONC(=O)CCN1CCC(Oc2nc3ccc(Cl)cc3s2)CC1. The van der Waals surface area contributed by atoms with Crippen molar-refractivity contribution in [1.29, 1.82) is 0 Å². The van der Waals surface area contributed by atoms with E-state index < -0.39 is 0 Å². The fraction of sp³-hybridized carbons (Fsp3) is 0.500. The molecule has 2 heterocycles. The molecule has 1 aliphatic rings. The average Bonchev–Trinajstić information content (AvgIpc) is 2.96. The van der Waals surface area contributed by atoms with Gasteiger partial charge < -0.3 is 9.64 Å². The molecule has 24 heavy (non-hydrogen) atoms. The number of ether oxygens (including phenoxy) is 1. The lowest BCUT2D eigenvalue weighted by molar-refractivity contribution is -0.131. The lowest BCUT2D eigenvalue weighted by Gasteiger charge is -2.31. The van der Waals surface area contributed by atoms with Gasteiger partial charge in [0.05, 0.1) is 17.3 Å². The normalized spacial score (nSPS) is 16.4. The highest BCUT2D eigenvalue weighted by Crippen LogP contribution is 2.31. The Morgan fingerprint density at radius 2 is 2.25 bits per heavy atom. The van der Waals surface area contributed by atoms with E-state index in [0.717, 1.165) is 42.7 Å². The molecule has 130 valence electrons. The highest BCUT2D eigenvalue weighted by molar-refractivity contribution is 7.20. The van der Waals surface area contributed by atoms with Gasteiger partial charge in [0.2, 0.25) is 5.91 Å². The smallest absolute Gasteiger partial charge is 0.274 e. The van der Waals surface area contributed by atoms with Crippen molar-refractivity contribution in [1.82, 2.24) is 15.4 Å². The number of thiazole rings is 1. The molecule has 0 spiro atoms. The van der Waals surface area contributed by atoms with Crippen LogP contribution >= 0.6 is 22.9 Å². The highest BCUT2D eigenvalue weighted by Gasteiger charge is 2.22. The van der Waals surface area contributed by atoms with Gasteiger partial charge in [-0.05, 0) is 31.0 Å². The maximum absolute atomic E-state index is 11.4. The van der Waals surface area contributed by atoms with Crippen molar-refractivity contribution >= 4 is 39.1 Å². The lowest BCUT2D eigenvalue weighted by atomic mass is 10.1. The van der Waals surface area contributed by atoms with Crippen molar-refractivity contribution in [2.45, 2.75) is 25.4 Å². The van der Waals surface area contributed by atoms with Crippen LogP contribution in [0.5, 0.6) is 5.19 Å². The molecule has 1 amide bonds. The predicted molar refractivity (Wildman–Crippen MR) is 94.5 cm³/mol. The zero-order chi connectivity index (χ0) is 16.9. The summed E-state index contributed by atoms with van der Waals surface area (Å²) >= 11 is 7.53. The van der Waals surface area contributed by atoms with Gasteiger partial charge >= 0.3 is 0 Å². The summed E-state index contributed by atoms with van der Waals surface area (Å²) in [6.07, 6.45) is 2.48. The summed E-state index contributed by atoms with van der Waals surface area (Å²) in [5, 5.41) is 1.41. The van der Waals surface area contributed by atoms with Gasteiger partial charge in [0, 0.05) is 31.1 Å². The molecule has 0 saturated carbocycles. The van der Waals surface area contributed by atoms with Crippen LogP contribution in [0.3, 0.4) is 0 Å². The van der Waals surface area contributed by atoms with Crippen molar-refractivity contribution in [2.75, 3.05) is 26.7 Å². The highest BCUT2D eigenvalue weighted by atomic mass is 35.5. The molecule has 1 aromatic heterocycles. The number of carbonyl (C=O) groups excluding carboxylic acids is 1. The second-order valence-electron chi connectivity index (χ2n) is 5.73. The van der Waals surface area contributed by atoms with E-state index in [1.165, 1.54) is 18.4 Å². The average molecular weight is 370 g/mol. The molecular formula is C16H20ClN3O3S. The predicted octanol–water partition coefficient (Wildman–Crippen LogP) is 2.86. The number of amides is 1. The van der Waals surface area contributed by atoms with Gasteiger partial charge in [-0.2, -0.15) is 0 Å². The number of nitrogens with one attached hydrogen (secondary N) is 1. The third-order valence-corrected chi connectivity index (χ3v) is 5.15. The van der Waals surface area contributed by atoms with Crippen LogP contribution in [0.4, 0.5) is 0 Å². The van der Waals surface area contributed by atoms with E-state index in [4.69, 9.17) is 16.3 Å². The molecule has 8 heteroatoms. The van der Waals surface area contributed by atoms with Gasteiger partial charge in [0.1, 0.15) is 6.10 Å². The Balaban J connectivity index is 1.47. The van der Waals surface area contributed by atoms with E-state index in [9.17, 15) is 4.79 Å². The van der Waals surface area contributed by atoms with Crippen LogP contribution in [-0.4, -0.2) is 48.6 Å². The third kappa shape index (κ3) is 4.57. The Morgan fingerprint density at radius 3 is 3.00 bits per heavy atom. The minimum absolute atomic E-state index is 0.0935. The topological polar surface area (TPSA) is 63.7 Å². The summed E-state index contributed by atoms with van der Waals surface area (Å²) in [6, 6.07) is 5.66. The molecule has 3 rings (SSSR count). The summed E-state index contributed by atoms with van der Waals surface area (Å²) in [5.74, 6) is -0.0935. The van der Waals surface area contributed by atoms with Gasteiger partial charge in [-0.25, -0.2) is 10.5 Å². The molecule has 1 fully saturated rings. The van der Waals surface area contributed by atoms with Gasteiger partial charge in [-0.3, -0.25) is 9.63 Å². The third-order valence-electron chi connectivity index (χ3n) is 4.00. The van der Waals surface area contributed by atoms with E-state index in [0.29, 0.717) is 16.6 Å². The number of carbonyl (C=O) groups is 1. The largest absolute Gasteiger partial charge is 0.467 e. The summed E-state index contributed by atoms with van der Waals surface area (Å²) < 4.78 is 7.07. The van der Waals surface area contributed by atoms with Crippen molar-refractivity contribution in [2.24, 2.45) is 0 Å². The van der Waals surface area contributed by atoms with Gasteiger partial charge in [0.15, 0.2) is 0 Å². The molecule has 0 radical (unpaired) electrons. The maximum atomic E-state index is 11.4. The van der Waals surface area contributed by atoms with Crippen LogP contribution < -0.4 is 10.2 Å². The molecule has 2 aromatic rings. The summed E-state index contributed by atoms with van der Waals surface area (Å²) in [7, 11) is 1.44. The van der Waals surface area contributed by atoms with E-state index >= 15 is 0 Å². The quantitative estimate of drug-likeness (QED) is 0.793. The Hall–Kier alpha value is -1.41. The number of piperidine rings is 1. The molecule has 1 N–H and O–H groups in total. The van der Waals surface area contributed by atoms with E-state index in [1.54, 1.807) is 0 Å². The Labute approximate surface area is 149 Å². The van der Waals surface area contributed by atoms with Crippen LogP contribution in [0.25, 0.3) is 10.2 Å². The molecule has 0 atom stereocenters. The van der Waals surface area contributed by atoms with E-state index in [2.05, 4.69) is 20.2 Å². The molecule has 0 bridgehead atoms. The summed E-state index contributed by atoms with van der Waals surface area (Å²) in [4.78, 5) is 22.8. The number of fused-ring (bicyclic) bond motifs is 1. The van der Waals surface area contributed by atoms with Gasteiger partial charge in [-0.1, -0.05) is 22.9 Å². The number of halogens is 1. The number of hydrogen-bond donors (Lipinski definition) is 1. The maximum Gasteiger partial charge on any atom is 0.274 e. The first-order valence-electron chi connectivity index (χ1n) is 7.91. The molecular weight excluding hydrogens is 350 g/mol. The fourth-order valence-corrected chi connectivity index (χ4v) is 3.90. The zero-order valence-corrected chi connectivity index (χ0v) is 15.0. The second-order valence-corrected chi connectivity index (χ2v) is 7.16. The Bertz CT molecular complexity index is 701. The monoisotopic (exact) mass is 369 g/mol. The van der Waals surface area contributed by atoms with E-state index in [-0.39, 0.29) is 12.0 Å². The first-order valence-corrected chi connectivity index (χ1v) is 9.10. The number of hydroxylamine groups is 1. The Kier molecular flexibility index (Phi) is 5.89. The summed E-state index contributed by atoms with van der Waals surface area (Å²) in [6.45, 7) is 2.57. The molecule has 1 aliphatic heterocycles. The number of hydrogen-bond acceptors (Lipinski definition) is 6. The minimum atomic E-state index is -0.0935. The lowest BCUT2D eigenvalue weighted by Crippen LogP contribution is -2.40. The second kappa shape index (κ2) is 8.11. The molecule has 1 saturated heterocycles. The molecule has 1 aromatic carbocycles. The first kappa shape index (κ1) is 17.4. The van der Waals surface area contributed by atoms with Crippen molar-refractivity contribution in [3.05, 3.63) is 23.2 Å². The fourth-order valence-electron chi connectivity index (χ4n) is 2.75. The number of benzene rings is 1. The van der Waals surface area contributed by atoms with Crippen molar-refractivity contribution < 1.29 is 14.4 Å². The van der Waals surface area contributed by atoms with Crippen LogP contribution in [0, 0.1) is 0 Å². The van der Waals surface area contributed by atoms with Crippen LogP contribution in [-0.2, 0) is 9.63 Å². The number of likely N-dealkylation sites (tertiary alicyclic amines) is 1. The van der Waals surface area contributed by atoms with E-state index in [1.807, 2.05) is 18.2 Å². The summed E-state index contributed by atoms with van der Waals surface area (Å²) in [5.41, 5.74) is 3.25. The van der Waals surface area contributed by atoms with Gasteiger partial charge in [0.25, 0.3) is 5.19 Å². The Morgan fingerprint density at radius 1 is 1.46 bits per heavy atom. The van der Waals surface area contributed by atoms with Crippen molar-refractivity contribution in [3.8, 4) is 5.19 Å². The first-order chi connectivity index (χ1) is 11.6. The number of rotatable bonds is 6. The standard InChI is InChI=1S/C16H20ClN3O3S/c1-22-19-15(21)6-9-20-7-4-12(5-8-20)23-16-18-13-3-2-11(17)10-14(13)24-16/h2-3,10,12H,4-9H2,1H3,(H,19,21). The molecule has 6 nitrogen and oxygen atoms in total. The molecule has 0 unspecified atom stereocenters. The van der Waals surface area contributed by atoms with Crippen LogP contribution in [0.15, 0.2) is 18.2 Å². The van der Waals surface area contributed by atoms with Crippen molar-refractivity contribution in [3.63, 3.8) is 0 Å². The van der Waals surface area contributed by atoms with Gasteiger partial charge in [-0.15, -0.1) is 0 Å². The number of nitrogens with zero attached hydrogens (tertiary/aromatic N) is 2. The van der Waals surface area contributed by atoms with Crippen LogP contribution in [0.1, 0.15) is 19.3 Å². The van der Waals surface area contributed by atoms with Crippen LogP contribution in [0.2, 0.25) is 5.02 Å². The molecule has 0 aliphatic carbocycles.